The number of rotatable bonds is 4. The second kappa shape index (κ2) is 7.82. The Bertz CT molecular complexity index is 1090. The molecule has 0 saturated carbocycles. The van der Waals surface area contributed by atoms with E-state index in [0.29, 0.717) is 51.4 Å². The molecule has 0 radical (unpaired) electrons. The van der Waals surface area contributed by atoms with Crippen LogP contribution in [0.3, 0.4) is 0 Å². The highest BCUT2D eigenvalue weighted by Crippen LogP contribution is 2.33. The monoisotopic (exact) mass is 459 g/mol. The summed E-state index contributed by atoms with van der Waals surface area (Å²) in [5, 5.41) is 3.64. The Kier molecular flexibility index (Phi) is 5.23. The smallest absolute Gasteiger partial charge is 0.219 e. The van der Waals surface area contributed by atoms with Crippen LogP contribution in [0.1, 0.15) is 13.3 Å². The maximum Gasteiger partial charge on any atom is 0.219 e. The summed E-state index contributed by atoms with van der Waals surface area (Å²) in [6.07, 6.45) is 2.03. The number of carbonyl (C=O) groups excluding carboxylic acids is 1. The van der Waals surface area contributed by atoms with Crippen molar-refractivity contribution in [2.45, 2.75) is 19.4 Å². The van der Waals surface area contributed by atoms with Crippen molar-refractivity contribution in [2.75, 3.05) is 24.1 Å². The first kappa shape index (κ1) is 19.4. The maximum atomic E-state index is 14.2. The molecule has 7 nitrogen and oxygen atoms in total. The standard InChI is InChI=1S/C20H19BrFN5O2/c1-11(28)27-5-4-13(9-27)29-19-8-18-14(7-16(19)23)20(25-10-24-18)26-17-3-2-12(21)6-15(17)22/h2-3,6-8,10,13H,4-5,9,23H2,1H3,(H,24,25,26). The summed E-state index contributed by atoms with van der Waals surface area (Å²) in [6, 6.07) is 8.18. The number of carbonyl (C=O) groups is 1. The van der Waals surface area contributed by atoms with E-state index >= 15 is 0 Å². The van der Waals surface area contributed by atoms with Gasteiger partial charge in [0.2, 0.25) is 5.91 Å². The van der Waals surface area contributed by atoms with Gasteiger partial charge in [0.25, 0.3) is 0 Å². The highest BCUT2D eigenvalue weighted by atomic mass is 79.9. The minimum atomic E-state index is -0.407. The van der Waals surface area contributed by atoms with Gasteiger partial charge in [-0.15, -0.1) is 0 Å². The van der Waals surface area contributed by atoms with Crippen LogP contribution in [-0.2, 0) is 4.79 Å². The molecule has 3 aromatic rings. The Labute approximate surface area is 175 Å². The number of hydrogen-bond acceptors (Lipinski definition) is 6. The van der Waals surface area contributed by atoms with Crippen LogP contribution < -0.4 is 15.8 Å². The number of ether oxygens (including phenoxy) is 1. The summed E-state index contributed by atoms with van der Waals surface area (Å²) < 4.78 is 20.9. The fourth-order valence-corrected chi connectivity index (χ4v) is 3.64. The van der Waals surface area contributed by atoms with Crippen LogP contribution >= 0.6 is 15.9 Å². The van der Waals surface area contributed by atoms with Crippen molar-refractivity contribution in [2.24, 2.45) is 0 Å². The normalized spacial score (nSPS) is 16.2. The Morgan fingerprint density at radius 1 is 1.34 bits per heavy atom. The molecule has 9 heteroatoms. The molecular weight excluding hydrogens is 441 g/mol. The van der Waals surface area contributed by atoms with E-state index in [1.54, 1.807) is 36.1 Å². The third kappa shape index (κ3) is 4.09. The predicted molar refractivity (Wildman–Crippen MR) is 113 cm³/mol. The van der Waals surface area contributed by atoms with Gasteiger partial charge in [-0.05, 0) is 24.3 Å². The second-order valence-electron chi connectivity index (χ2n) is 6.87. The molecule has 0 bridgehead atoms. The van der Waals surface area contributed by atoms with Crippen LogP contribution in [0, 0.1) is 5.82 Å². The molecule has 29 heavy (non-hydrogen) atoms. The quantitative estimate of drug-likeness (QED) is 0.575. The van der Waals surface area contributed by atoms with E-state index in [1.165, 1.54) is 12.4 Å². The maximum absolute atomic E-state index is 14.2. The number of fused-ring (bicyclic) bond motifs is 1. The number of nitrogens with two attached hydrogens (primary N) is 1. The van der Waals surface area contributed by atoms with Crippen molar-refractivity contribution < 1.29 is 13.9 Å². The molecule has 3 N–H and O–H groups in total. The summed E-state index contributed by atoms with van der Waals surface area (Å²) >= 11 is 3.24. The lowest BCUT2D eigenvalue weighted by atomic mass is 10.2. The highest BCUT2D eigenvalue weighted by Gasteiger charge is 2.26. The van der Waals surface area contributed by atoms with E-state index in [4.69, 9.17) is 10.5 Å². The zero-order valence-electron chi connectivity index (χ0n) is 15.7. The molecule has 1 aliphatic rings. The fraction of sp³-hybridized carbons (Fsp3) is 0.250. The molecule has 1 fully saturated rings. The molecule has 1 atom stereocenters. The van der Waals surface area contributed by atoms with Crippen LogP contribution in [0.15, 0.2) is 41.1 Å². The minimum Gasteiger partial charge on any atom is -0.486 e. The molecule has 0 spiro atoms. The van der Waals surface area contributed by atoms with Crippen molar-refractivity contribution in [1.29, 1.82) is 0 Å². The summed E-state index contributed by atoms with van der Waals surface area (Å²) in [5.74, 6) is 0.576. The molecule has 2 aromatic carbocycles. The number of nitrogens with one attached hydrogen (secondary N) is 1. The summed E-state index contributed by atoms with van der Waals surface area (Å²) in [6.45, 7) is 2.75. The van der Waals surface area contributed by atoms with Crippen molar-refractivity contribution in [3.63, 3.8) is 0 Å². The van der Waals surface area contributed by atoms with Crippen LogP contribution in [0.4, 0.5) is 21.6 Å². The van der Waals surface area contributed by atoms with Gasteiger partial charge in [-0.3, -0.25) is 4.79 Å². The van der Waals surface area contributed by atoms with Gasteiger partial charge >= 0.3 is 0 Å². The number of amides is 1. The van der Waals surface area contributed by atoms with Crippen LogP contribution in [0.25, 0.3) is 10.9 Å². The lowest BCUT2D eigenvalue weighted by Gasteiger charge is -2.17. The number of anilines is 3. The first-order valence-electron chi connectivity index (χ1n) is 9.09. The molecule has 0 aliphatic carbocycles. The van der Waals surface area contributed by atoms with Gasteiger partial charge in [0, 0.05) is 35.8 Å². The Hall–Kier alpha value is -2.94. The number of nitrogen functional groups attached to an aromatic ring is 1. The Morgan fingerprint density at radius 2 is 2.17 bits per heavy atom. The molecule has 4 rings (SSSR count). The predicted octanol–water partition coefficient (Wildman–Crippen LogP) is 3.86. The third-order valence-corrected chi connectivity index (χ3v) is 5.33. The SMILES string of the molecule is CC(=O)N1CCC(Oc2cc3ncnc(Nc4ccc(Br)cc4F)c3cc2N)C1. The van der Waals surface area contributed by atoms with E-state index in [-0.39, 0.29) is 12.0 Å². The van der Waals surface area contributed by atoms with E-state index in [2.05, 4.69) is 31.2 Å². The molecule has 1 saturated heterocycles. The lowest BCUT2D eigenvalue weighted by Crippen LogP contribution is -2.28. The van der Waals surface area contributed by atoms with E-state index in [0.717, 1.165) is 6.42 Å². The highest BCUT2D eigenvalue weighted by molar-refractivity contribution is 9.10. The van der Waals surface area contributed by atoms with Crippen molar-refractivity contribution in [3.05, 3.63) is 46.9 Å². The lowest BCUT2D eigenvalue weighted by molar-refractivity contribution is -0.128. The molecule has 150 valence electrons. The van der Waals surface area contributed by atoms with E-state index in [1.807, 2.05) is 0 Å². The van der Waals surface area contributed by atoms with Gasteiger partial charge in [0.05, 0.1) is 23.4 Å². The Morgan fingerprint density at radius 3 is 2.90 bits per heavy atom. The average molecular weight is 460 g/mol. The van der Waals surface area contributed by atoms with Gasteiger partial charge in [-0.1, -0.05) is 15.9 Å². The number of benzene rings is 2. The van der Waals surface area contributed by atoms with Gasteiger partial charge in [0.15, 0.2) is 0 Å². The zero-order valence-corrected chi connectivity index (χ0v) is 17.2. The number of nitrogens with zero attached hydrogens (tertiary/aromatic N) is 3. The van der Waals surface area contributed by atoms with E-state index in [9.17, 15) is 9.18 Å². The zero-order chi connectivity index (χ0) is 20.5. The third-order valence-electron chi connectivity index (χ3n) is 4.84. The number of hydrogen-bond donors (Lipinski definition) is 2. The average Bonchev–Trinajstić information content (AvgIpc) is 3.14. The number of aromatic nitrogens is 2. The molecule has 1 aliphatic heterocycles. The van der Waals surface area contributed by atoms with Crippen LogP contribution in [-0.4, -0.2) is 40.0 Å². The number of halogens is 2. The fourth-order valence-electron chi connectivity index (χ4n) is 3.31. The van der Waals surface area contributed by atoms with Crippen LogP contribution in [0.2, 0.25) is 0 Å². The van der Waals surface area contributed by atoms with E-state index < -0.39 is 5.82 Å². The number of likely N-dealkylation sites (tertiary alicyclic amines) is 1. The summed E-state index contributed by atoms with van der Waals surface area (Å²) in [5.41, 5.74) is 7.54. The molecule has 1 amide bonds. The van der Waals surface area contributed by atoms with Gasteiger partial charge < -0.3 is 20.7 Å². The second-order valence-corrected chi connectivity index (χ2v) is 7.79. The topological polar surface area (TPSA) is 93.4 Å². The summed E-state index contributed by atoms with van der Waals surface area (Å²) in [7, 11) is 0. The van der Waals surface area contributed by atoms with Crippen molar-refractivity contribution >= 4 is 49.9 Å². The van der Waals surface area contributed by atoms with Crippen LogP contribution in [0.5, 0.6) is 5.75 Å². The van der Waals surface area contributed by atoms with Gasteiger partial charge in [-0.25, -0.2) is 14.4 Å². The summed E-state index contributed by atoms with van der Waals surface area (Å²) in [4.78, 5) is 21.8. The Balaban J connectivity index is 1.61. The largest absolute Gasteiger partial charge is 0.486 e. The molecular formula is C20H19BrFN5O2. The van der Waals surface area contributed by atoms with Crippen molar-refractivity contribution in [3.8, 4) is 5.75 Å². The molecule has 1 unspecified atom stereocenters. The van der Waals surface area contributed by atoms with Crippen molar-refractivity contribution in [1.82, 2.24) is 14.9 Å². The first-order valence-corrected chi connectivity index (χ1v) is 9.88. The molecule has 1 aromatic heterocycles. The van der Waals surface area contributed by atoms with Gasteiger partial charge in [0.1, 0.15) is 29.8 Å². The van der Waals surface area contributed by atoms with Gasteiger partial charge in [-0.2, -0.15) is 0 Å². The minimum absolute atomic E-state index is 0.0335. The molecule has 2 heterocycles. The first-order chi connectivity index (χ1) is 13.9.